The molecule has 2 N–H and O–H groups in total. The van der Waals surface area contributed by atoms with Crippen molar-refractivity contribution in [2.75, 3.05) is 6.61 Å². The average molecular weight is 299 g/mol. The van der Waals surface area contributed by atoms with Crippen LogP contribution in [-0.2, 0) is 15.1 Å². The van der Waals surface area contributed by atoms with Crippen LogP contribution in [0.1, 0.15) is 33.3 Å². The first kappa shape index (κ1) is 16.1. The van der Waals surface area contributed by atoms with Gasteiger partial charge in [-0.05, 0) is 33.8 Å². The first-order chi connectivity index (χ1) is 10.3. The van der Waals surface area contributed by atoms with Crippen LogP contribution >= 0.6 is 0 Å². The summed E-state index contributed by atoms with van der Waals surface area (Å²) in [7, 11) is 0. The molecule has 4 nitrogen and oxygen atoms in total. The molecule has 0 saturated heterocycles. The standard InChI is InChI=1S/C18H21NO3/c1-5-22-16(20)18(21,11-10-17(2,3)4)14-12-19-15-9-7-6-8-13(14)15/h6-9,12,19,21H,5H2,1-4H3/t18-/m0/s1. The Hall–Kier alpha value is -2.25. The zero-order chi connectivity index (χ0) is 16.4. The van der Waals surface area contributed by atoms with Crippen LogP contribution in [0.4, 0.5) is 0 Å². The number of aromatic nitrogens is 1. The van der Waals surface area contributed by atoms with Gasteiger partial charge in [-0.15, -0.1) is 0 Å². The van der Waals surface area contributed by atoms with Gasteiger partial charge in [0.05, 0.1) is 6.61 Å². The molecule has 0 aliphatic rings. The minimum Gasteiger partial charge on any atom is -0.463 e. The maximum Gasteiger partial charge on any atom is 0.356 e. The third-order valence-electron chi connectivity index (χ3n) is 3.17. The SMILES string of the molecule is CCOC(=O)[C@](O)(C#CC(C)(C)C)c1c[nH]c2ccccc12. The number of aliphatic hydroxyl groups is 1. The summed E-state index contributed by atoms with van der Waals surface area (Å²) in [6.45, 7) is 7.63. The van der Waals surface area contributed by atoms with Gasteiger partial charge in [0.1, 0.15) is 0 Å². The quantitative estimate of drug-likeness (QED) is 0.676. The van der Waals surface area contributed by atoms with E-state index in [9.17, 15) is 9.90 Å². The van der Waals surface area contributed by atoms with Crippen molar-refractivity contribution in [2.45, 2.75) is 33.3 Å². The second kappa shape index (κ2) is 5.86. The summed E-state index contributed by atoms with van der Waals surface area (Å²) < 4.78 is 5.04. The van der Waals surface area contributed by atoms with Crippen LogP contribution in [0.5, 0.6) is 0 Å². The van der Waals surface area contributed by atoms with Gasteiger partial charge in [-0.25, -0.2) is 4.79 Å². The molecule has 0 bridgehead atoms. The van der Waals surface area contributed by atoms with Gasteiger partial charge >= 0.3 is 5.97 Å². The van der Waals surface area contributed by atoms with E-state index in [0.717, 1.165) is 10.9 Å². The summed E-state index contributed by atoms with van der Waals surface area (Å²) >= 11 is 0. The number of esters is 1. The van der Waals surface area contributed by atoms with Gasteiger partial charge < -0.3 is 14.8 Å². The molecule has 22 heavy (non-hydrogen) atoms. The summed E-state index contributed by atoms with van der Waals surface area (Å²) in [5.41, 5.74) is -1.08. The lowest BCUT2D eigenvalue weighted by Gasteiger charge is -2.21. The average Bonchev–Trinajstić information content (AvgIpc) is 2.88. The van der Waals surface area contributed by atoms with Gasteiger partial charge in [0.25, 0.3) is 5.60 Å². The Morgan fingerprint density at radius 2 is 1.95 bits per heavy atom. The van der Waals surface area contributed by atoms with Crippen molar-refractivity contribution in [2.24, 2.45) is 5.41 Å². The molecular weight excluding hydrogens is 278 g/mol. The molecule has 0 saturated carbocycles. The van der Waals surface area contributed by atoms with Crippen molar-refractivity contribution in [1.29, 1.82) is 0 Å². The molecule has 0 amide bonds. The fourth-order valence-electron chi connectivity index (χ4n) is 2.11. The van der Waals surface area contributed by atoms with Crippen LogP contribution in [0, 0.1) is 17.3 Å². The Morgan fingerprint density at radius 1 is 1.27 bits per heavy atom. The molecule has 0 aliphatic carbocycles. The Labute approximate surface area is 130 Å². The van der Waals surface area contributed by atoms with E-state index in [-0.39, 0.29) is 12.0 Å². The number of hydrogen-bond donors (Lipinski definition) is 2. The summed E-state index contributed by atoms with van der Waals surface area (Å²) in [4.78, 5) is 15.4. The number of H-pyrrole nitrogens is 1. The fraction of sp³-hybridized carbons (Fsp3) is 0.389. The van der Waals surface area contributed by atoms with Crippen LogP contribution in [0.15, 0.2) is 30.5 Å². The minimum absolute atomic E-state index is 0.181. The first-order valence-corrected chi connectivity index (χ1v) is 7.28. The second-order valence-corrected chi connectivity index (χ2v) is 6.18. The van der Waals surface area contributed by atoms with Crippen LogP contribution in [0.2, 0.25) is 0 Å². The lowest BCUT2D eigenvalue weighted by molar-refractivity contribution is -0.159. The molecule has 2 rings (SSSR count). The highest BCUT2D eigenvalue weighted by Gasteiger charge is 2.40. The molecule has 1 aromatic heterocycles. The lowest BCUT2D eigenvalue weighted by Crippen LogP contribution is -2.36. The van der Waals surface area contributed by atoms with Crippen molar-refractivity contribution in [3.8, 4) is 11.8 Å². The smallest absolute Gasteiger partial charge is 0.356 e. The summed E-state index contributed by atoms with van der Waals surface area (Å²) in [5.74, 6) is 4.91. The van der Waals surface area contributed by atoms with Gasteiger partial charge in [0.15, 0.2) is 0 Å². The second-order valence-electron chi connectivity index (χ2n) is 6.18. The van der Waals surface area contributed by atoms with Gasteiger partial charge in [-0.1, -0.05) is 30.0 Å². The molecule has 0 radical (unpaired) electrons. The van der Waals surface area contributed by atoms with Crippen molar-refractivity contribution < 1.29 is 14.6 Å². The molecule has 0 fully saturated rings. The van der Waals surface area contributed by atoms with E-state index >= 15 is 0 Å². The van der Waals surface area contributed by atoms with Crippen molar-refractivity contribution >= 4 is 16.9 Å². The van der Waals surface area contributed by atoms with E-state index in [1.165, 1.54) is 0 Å². The number of nitrogens with one attached hydrogen (secondary N) is 1. The Morgan fingerprint density at radius 3 is 2.59 bits per heavy atom. The first-order valence-electron chi connectivity index (χ1n) is 7.28. The van der Waals surface area contributed by atoms with Crippen LogP contribution in [0.3, 0.4) is 0 Å². The zero-order valence-corrected chi connectivity index (χ0v) is 13.4. The number of hydrogen-bond acceptors (Lipinski definition) is 3. The number of benzene rings is 1. The van der Waals surface area contributed by atoms with Crippen molar-refractivity contribution in [3.05, 3.63) is 36.0 Å². The largest absolute Gasteiger partial charge is 0.463 e. The summed E-state index contributed by atoms with van der Waals surface area (Å²) in [6.07, 6.45) is 1.61. The topological polar surface area (TPSA) is 62.3 Å². The monoisotopic (exact) mass is 299 g/mol. The van der Waals surface area contributed by atoms with E-state index in [2.05, 4.69) is 16.8 Å². The summed E-state index contributed by atoms with van der Waals surface area (Å²) in [5, 5.41) is 11.7. The van der Waals surface area contributed by atoms with Crippen LogP contribution < -0.4 is 0 Å². The van der Waals surface area contributed by atoms with Gasteiger partial charge in [0, 0.05) is 28.1 Å². The predicted molar refractivity (Wildman–Crippen MR) is 86.1 cm³/mol. The molecule has 116 valence electrons. The molecule has 4 heteroatoms. The number of carbonyl (C=O) groups is 1. The van der Waals surface area contributed by atoms with E-state index in [0.29, 0.717) is 5.56 Å². The lowest BCUT2D eigenvalue weighted by atomic mass is 9.90. The molecule has 0 spiro atoms. The van der Waals surface area contributed by atoms with Crippen molar-refractivity contribution in [3.63, 3.8) is 0 Å². The normalized spacial score (nSPS) is 14.0. The summed E-state index contributed by atoms with van der Waals surface area (Å²) in [6, 6.07) is 7.45. The van der Waals surface area contributed by atoms with Crippen LogP contribution in [-0.4, -0.2) is 22.7 Å². The van der Waals surface area contributed by atoms with Gasteiger partial charge in [0.2, 0.25) is 0 Å². The molecular formula is C18H21NO3. The highest BCUT2D eigenvalue weighted by atomic mass is 16.5. The molecule has 1 heterocycles. The number of ether oxygens (including phenoxy) is 1. The number of carbonyl (C=O) groups excluding carboxylic acids is 1. The van der Waals surface area contributed by atoms with E-state index in [1.807, 2.05) is 45.0 Å². The minimum atomic E-state index is -1.98. The zero-order valence-electron chi connectivity index (χ0n) is 13.4. The van der Waals surface area contributed by atoms with E-state index in [1.54, 1.807) is 13.1 Å². The van der Waals surface area contributed by atoms with Gasteiger partial charge in [-0.2, -0.15) is 0 Å². The Balaban J connectivity index is 2.62. The predicted octanol–water partition coefficient (Wildman–Crippen LogP) is 2.97. The fourth-order valence-corrected chi connectivity index (χ4v) is 2.11. The number of fused-ring (bicyclic) bond motifs is 1. The molecule has 1 aromatic carbocycles. The molecule has 2 aromatic rings. The van der Waals surface area contributed by atoms with Crippen molar-refractivity contribution in [1.82, 2.24) is 4.98 Å². The maximum atomic E-state index is 12.3. The maximum absolute atomic E-state index is 12.3. The van der Waals surface area contributed by atoms with E-state index in [4.69, 9.17) is 4.74 Å². The van der Waals surface area contributed by atoms with E-state index < -0.39 is 11.6 Å². The Kier molecular flexibility index (Phi) is 4.30. The number of aromatic amines is 1. The van der Waals surface area contributed by atoms with Gasteiger partial charge in [-0.3, -0.25) is 0 Å². The number of para-hydroxylation sites is 1. The van der Waals surface area contributed by atoms with Crippen LogP contribution in [0.25, 0.3) is 10.9 Å². The third kappa shape index (κ3) is 3.15. The number of rotatable bonds is 3. The highest BCUT2D eigenvalue weighted by Crippen LogP contribution is 2.30. The molecule has 0 aliphatic heterocycles. The molecule has 0 unspecified atom stereocenters. The Bertz CT molecular complexity index is 743. The highest BCUT2D eigenvalue weighted by molar-refractivity contribution is 5.94. The third-order valence-corrected chi connectivity index (χ3v) is 3.17. The molecule has 1 atom stereocenters.